The molecule has 1 N–H and O–H groups in total. The Morgan fingerprint density at radius 3 is 2.67 bits per heavy atom. The molecule has 4 aliphatic rings. The molecule has 2 heterocycles. The Kier molecular flexibility index (Phi) is 2.35. The molecule has 0 aromatic heterocycles. The highest BCUT2D eigenvalue weighted by molar-refractivity contribution is 8.15. The monoisotopic (exact) mass is 286 g/mol. The molecule has 0 amide bonds. The molecule has 0 spiro atoms. The molecule has 2 saturated heterocycles. The van der Waals surface area contributed by atoms with Crippen molar-refractivity contribution in [3.05, 3.63) is 0 Å². The Morgan fingerprint density at radius 1 is 1.17 bits per heavy atom. The molecule has 100 valence electrons. The lowest BCUT2D eigenvalue weighted by Crippen LogP contribution is -2.46. The fraction of sp³-hybridized carbons (Fsp3) is 0.917. The molecule has 0 radical (unpaired) electrons. The van der Waals surface area contributed by atoms with E-state index < -0.39 is 9.84 Å². The third-order valence-electron chi connectivity index (χ3n) is 5.18. The summed E-state index contributed by atoms with van der Waals surface area (Å²) in [4.78, 5) is 2.18. The number of rotatable bonds is 1. The van der Waals surface area contributed by atoms with Crippen LogP contribution in [0.2, 0.25) is 0 Å². The SMILES string of the molecule is N=C1S[C@H]2CS(=O)(=O)C[C@H]2N1[C@H]1C[C@@H]2CC[C@@H]1C2. The predicted octanol–water partition coefficient (Wildman–Crippen LogP) is 1.32. The van der Waals surface area contributed by atoms with E-state index in [1.54, 1.807) is 0 Å². The number of nitrogens with zero attached hydrogens (tertiary/aromatic N) is 1. The van der Waals surface area contributed by atoms with Crippen LogP contribution in [0.5, 0.6) is 0 Å². The Morgan fingerprint density at radius 2 is 2.00 bits per heavy atom. The van der Waals surface area contributed by atoms with Crippen LogP contribution in [0.25, 0.3) is 0 Å². The van der Waals surface area contributed by atoms with Gasteiger partial charge in [-0.1, -0.05) is 18.2 Å². The number of amidine groups is 1. The van der Waals surface area contributed by atoms with Crippen molar-refractivity contribution in [1.29, 1.82) is 5.41 Å². The minimum absolute atomic E-state index is 0.0943. The number of sulfone groups is 1. The first-order valence-electron chi connectivity index (χ1n) is 6.77. The lowest BCUT2D eigenvalue weighted by Gasteiger charge is -2.35. The summed E-state index contributed by atoms with van der Waals surface area (Å²) in [6, 6.07) is 0.559. The van der Waals surface area contributed by atoms with Crippen LogP contribution >= 0.6 is 11.8 Å². The molecular formula is C12H18N2O2S2. The van der Waals surface area contributed by atoms with Gasteiger partial charge < -0.3 is 4.90 Å². The van der Waals surface area contributed by atoms with Gasteiger partial charge in [-0.25, -0.2) is 8.42 Å². The van der Waals surface area contributed by atoms with Crippen LogP contribution in [0.4, 0.5) is 0 Å². The van der Waals surface area contributed by atoms with Gasteiger partial charge in [-0.3, -0.25) is 5.41 Å². The van der Waals surface area contributed by atoms with Crippen molar-refractivity contribution in [2.24, 2.45) is 11.8 Å². The molecule has 0 aromatic carbocycles. The van der Waals surface area contributed by atoms with Gasteiger partial charge in [0.1, 0.15) is 0 Å². The predicted molar refractivity (Wildman–Crippen MR) is 72.6 cm³/mol. The van der Waals surface area contributed by atoms with Crippen LogP contribution in [-0.4, -0.2) is 47.3 Å². The minimum atomic E-state index is -2.86. The van der Waals surface area contributed by atoms with Crippen molar-refractivity contribution in [2.45, 2.75) is 43.0 Å². The summed E-state index contributed by atoms with van der Waals surface area (Å²) in [6.45, 7) is 0. The summed E-state index contributed by atoms with van der Waals surface area (Å²) in [6.07, 6.45) is 5.13. The maximum atomic E-state index is 11.8. The van der Waals surface area contributed by atoms with Crippen LogP contribution in [0.3, 0.4) is 0 Å². The van der Waals surface area contributed by atoms with Gasteiger partial charge in [-0.2, -0.15) is 0 Å². The van der Waals surface area contributed by atoms with Crippen LogP contribution in [0, 0.1) is 17.2 Å². The number of hydrogen-bond donors (Lipinski definition) is 1. The third-order valence-corrected chi connectivity index (χ3v) is 8.33. The molecular weight excluding hydrogens is 268 g/mol. The number of hydrogen-bond acceptors (Lipinski definition) is 4. The first kappa shape index (κ1) is 11.6. The van der Waals surface area contributed by atoms with E-state index in [-0.39, 0.29) is 22.8 Å². The van der Waals surface area contributed by atoms with Crippen molar-refractivity contribution in [3.63, 3.8) is 0 Å². The van der Waals surface area contributed by atoms with E-state index in [0.29, 0.717) is 11.2 Å². The fourth-order valence-corrected chi connectivity index (χ4v) is 8.32. The van der Waals surface area contributed by atoms with Crippen LogP contribution < -0.4 is 0 Å². The topological polar surface area (TPSA) is 61.2 Å². The first-order chi connectivity index (χ1) is 8.53. The van der Waals surface area contributed by atoms with Crippen LogP contribution in [0.15, 0.2) is 0 Å². The van der Waals surface area contributed by atoms with Gasteiger partial charge in [0.2, 0.25) is 0 Å². The molecule has 0 aromatic rings. The summed E-state index contributed by atoms with van der Waals surface area (Å²) < 4.78 is 23.5. The quantitative estimate of drug-likeness (QED) is 0.790. The van der Waals surface area contributed by atoms with E-state index in [1.807, 2.05) is 0 Å². The van der Waals surface area contributed by atoms with E-state index in [0.717, 1.165) is 11.8 Å². The summed E-state index contributed by atoms with van der Waals surface area (Å²) in [5.74, 6) is 2.12. The van der Waals surface area contributed by atoms with Crippen molar-refractivity contribution in [2.75, 3.05) is 11.5 Å². The van der Waals surface area contributed by atoms with E-state index in [9.17, 15) is 8.42 Å². The Balaban J connectivity index is 1.62. The molecule has 6 heteroatoms. The van der Waals surface area contributed by atoms with Crippen LogP contribution in [0.1, 0.15) is 25.7 Å². The standard InChI is InChI=1S/C12H18N2O2S2/c13-12-14(9-4-7-1-2-8(9)3-7)10-5-18(15,16)6-11(10)17-12/h7-11,13H,1-6H2/t7-,8-,9+,10-,11+/m1/s1. The molecule has 2 aliphatic heterocycles. The lowest BCUT2D eigenvalue weighted by atomic mass is 9.93. The normalized spacial score (nSPS) is 49.0. The second-order valence-electron chi connectivity index (χ2n) is 6.26. The molecule has 2 bridgehead atoms. The molecule has 2 saturated carbocycles. The number of nitrogens with one attached hydrogen (secondary N) is 1. The highest BCUT2D eigenvalue weighted by Gasteiger charge is 2.53. The number of fused-ring (bicyclic) bond motifs is 3. The third kappa shape index (κ3) is 1.57. The second-order valence-corrected chi connectivity index (χ2v) is 9.64. The number of thioether (sulfide) groups is 1. The van der Waals surface area contributed by atoms with Gasteiger partial charge >= 0.3 is 0 Å². The molecule has 0 unspecified atom stereocenters. The molecule has 18 heavy (non-hydrogen) atoms. The van der Waals surface area contributed by atoms with E-state index in [1.165, 1.54) is 37.4 Å². The van der Waals surface area contributed by atoms with Gasteiger partial charge in [-0.05, 0) is 31.1 Å². The van der Waals surface area contributed by atoms with Crippen molar-refractivity contribution < 1.29 is 8.42 Å². The Labute approximate surface area is 112 Å². The molecule has 5 atom stereocenters. The van der Waals surface area contributed by atoms with Gasteiger partial charge in [0.15, 0.2) is 15.0 Å². The maximum Gasteiger partial charge on any atom is 0.157 e. The molecule has 4 nitrogen and oxygen atoms in total. The second kappa shape index (κ2) is 3.66. The zero-order valence-electron chi connectivity index (χ0n) is 10.2. The fourth-order valence-electron chi connectivity index (χ4n) is 4.47. The Bertz CT molecular complexity index is 504. The summed E-state index contributed by atoms with van der Waals surface area (Å²) >= 11 is 1.49. The van der Waals surface area contributed by atoms with Crippen molar-refractivity contribution >= 4 is 26.8 Å². The summed E-state index contributed by atoms with van der Waals surface area (Å²) in [5, 5.41) is 8.94. The highest BCUT2D eigenvalue weighted by atomic mass is 32.2. The van der Waals surface area contributed by atoms with Gasteiger partial charge in [0, 0.05) is 11.3 Å². The summed E-state index contributed by atoms with van der Waals surface area (Å²) in [7, 11) is -2.86. The highest BCUT2D eigenvalue weighted by Crippen LogP contribution is 2.50. The molecule has 4 fully saturated rings. The van der Waals surface area contributed by atoms with Gasteiger partial charge in [-0.15, -0.1) is 0 Å². The molecule has 2 aliphatic carbocycles. The Hall–Kier alpha value is -0.230. The smallest absolute Gasteiger partial charge is 0.157 e. The van der Waals surface area contributed by atoms with Crippen molar-refractivity contribution in [1.82, 2.24) is 4.90 Å². The average molecular weight is 286 g/mol. The maximum absolute atomic E-state index is 11.8. The summed E-state index contributed by atoms with van der Waals surface area (Å²) in [5.41, 5.74) is 0. The van der Waals surface area contributed by atoms with Crippen molar-refractivity contribution in [3.8, 4) is 0 Å². The van der Waals surface area contributed by atoms with E-state index in [2.05, 4.69) is 4.90 Å². The van der Waals surface area contributed by atoms with Crippen LogP contribution in [-0.2, 0) is 9.84 Å². The molecule has 4 rings (SSSR count). The average Bonchev–Trinajstić information content (AvgIpc) is 2.96. The zero-order valence-corrected chi connectivity index (χ0v) is 11.8. The zero-order chi connectivity index (χ0) is 12.5. The largest absolute Gasteiger partial charge is 0.343 e. The first-order valence-corrected chi connectivity index (χ1v) is 9.47. The van der Waals surface area contributed by atoms with Gasteiger partial charge in [0.25, 0.3) is 0 Å². The van der Waals surface area contributed by atoms with E-state index >= 15 is 0 Å². The van der Waals surface area contributed by atoms with Gasteiger partial charge in [0.05, 0.1) is 17.5 Å². The minimum Gasteiger partial charge on any atom is -0.343 e. The van der Waals surface area contributed by atoms with E-state index in [4.69, 9.17) is 5.41 Å². The lowest BCUT2D eigenvalue weighted by molar-refractivity contribution is 0.198.